The lowest BCUT2D eigenvalue weighted by molar-refractivity contribution is 1.28. The summed E-state index contributed by atoms with van der Waals surface area (Å²) in [4.78, 5) is 0. The molecule has 2 heteroatoms. The molecule has 0 atom stereocenters. The predicted octanol–water partition coefficient (Wildman–Crippen LogP) is 1.29. The van der Waals surface area contributed by atoms with Crippen molar-refractivity contribution in [3.05, 3.63) is 41.6 Å². The van der Waals surface area contributed by atoms with Crippen LogP contribution in [0.1, 0.15) is 12.5 Å². The van der Waals surface area contributed by atoms with Crippen molar-refractivity contribution < 1.29 is 0 Å². The molecular weight excluding hydrogens is 136 g/mol. The van der Waals surface area contributed by atoms with Crippen LogP contribution in [0.15, 0.2) is 36.0 Å². The van der Waals surface area contributed by atoms with Gasteiger partial charge >= 0.3 is 0 Å². The van der Waals surface area contributed by atoms with Crippen LogP contribution in [0.5, 0.6) is 0 Å². The maximum absolute atomic E-state index is 5.69. The fourth-order valence-corrected chi connectivity index (χ4v) is 0.845. The number of hydrogen-bond donors (Lipinski definition) is 2. The molecular formula is C9H12N2. The Morgan fingerprint density at radius 2 is 1.64 bits per heavy atom. The molecule has 0 aromatic heterocycles. The Balaban J connectivity index is 3.04. The molecule has 0 unspecified atom stereocenters. The maximum Gasteiger partial charge on any atom is 0.0575 e. The summed E-state index contributed by atoms with van der Waals surface area (Å²) in [5, 5.41) is 0. The summed E-state index contributed by atoms with van der Waals surface area (Å²) >= 11 is 0. The molecule has 58 valence electrons. The minimum absolute atomic E-state index is 0.658. The Morgan fingerprint density at radius 3 is 2.09 bits per heavy atom. The van der Waals surface area contributed by atoms with Crippen LogP contribution in [-0.2, 0) is 0 Å². The van der Waals surface area contributed by atoms with Crippen LogP contribution in [0.2, 0.25) is 0 Å². The molecule has 0 spiro atoms. The third kappa shape index (κ3) is 1.74. The van der Waals surface area contributed by atoms with E-state index in [1.165, 1.54) is 0 Å². The number of rotatable bonds is 1. The van der Waals surface area contributed by atoms with Gasteiger partial charge < -0.3 is 11.5 Å². The lowest BCUT2D eigenvalue weighted by atomic mass is 10.1. The van der Waals surface area contributed by atoms with E-state index in [9.17, 15) is 0 Å². The van der Waals surface area contributed by atoms with Crippen molar-refractivity contribution in [1.82, 2.24) is 0 Å². The van der Waals surface area contributed by atoms with Gasteiger partial charge in [-0.1, -0.05) is 30.3 Å². The van der Waals surface area contributed by atoms with E-state index >= 15 is 0 Å². The van der Waals surface area contributed by atoms with Gasteiger partial charge in [0.15, 0.2) is 0 Å². The molecule has 0 bridgehead atoms. The summed E-state index contributed by atoms with van der Waals surface area (Å²) in [6.07, 6.45) is 0. The first kappa shape index (κ1) is 7.66. The molecule has 0 radical (unpaired) electrons. The number of allylic oxidation sites excluding steroid dienone is 1. The Kier molecular flexibility index (Phi) is 2.16. The summed E-state index contributed by atoms with van der Waals surface area (Å²) in [7, 11) is 0. The molecule has 4 N–H and O–H groups in total. The molecule has 1 rings (SSSR count). The van der Waals surface area contributed by atoms with E-state index in [0.29, 0.717) is 11.4 Å². The van der Waals surface area contributed by atoms with E-state index in [-0.39, 0.29) is 0 Å². The van der Waals surface area contributed by atoms with E-state index in [1.807, 2.05) is 30.3 Å². The highest BCUT2D eigenvalue weighted by atomic mass is 14.7. The zero-order chi connectivity index (χ0) is 8.27. The summed E-state index contributed by atoms with van der Waals surface area (Å²) in [5.74, 6) is 0. The molecule has 2 nitrogen and oxygen atoms in total. The fourth-order valence-electron chi connectivity index (χ4n) is 0.845. The van der Waals surface area contributed by atoms with Gasteiger partial charge in [0.05, 0.1) is 5.70 Å². The van der Waals surface area contributed by atoms with E-state index < -0.39 is 0 Å². The molecule has 1 aromatic rings. The van der Waals surface area contributed by atoms with Crippen LogP contribution < -0.4 is 11.5 Å². The maximum atomic E-state index is 5.69. The van der Waals surface area contributed by atoms with Gasteiger partial charge in [0.2, 0.25) is 0 Å². The molecule has 0 saturated heterocycles. The zero-order valence-electron chi connectivity index (χ0n) is 6.54. The first-order valence-electron chi connectivity index (χ1n) is 3.49. The first-order chi connectivity index (χ1) is 5.22. The van der Waals surface area contributed by atoms with Crippen LogP contribution >= 0.6 is 0 Å². The van der Waals surface area contributed by atoms with Crippen LogP contribution in [0.3, 0.4) is 0 Å². The standard InChI is InChI=1S/C9H12N2/c1-7(10)9(11)8-5-3-2-4-6-8/h2-6H,10-11H2,1H3/b9-7+. The SMILES string of the molecule is C/C(N)=C(\N)c1ccccc1. The highest BCUT2D eigenvalue weighted by Gasteiger charge is 1.95. The van der Waals surface area contributed by atoms with E-state index in [2.05, 4.69) is 0 Å². The lowest BCUT2D eigenvalue weighted by Crippen LogP contribution is -2.05. The van der Waals surface area contributed by atoms with Gasteiger partial charge in [0, 0.05) is 5.70 Å². The Bertz CT molecular complexity index is 258. The molecule has 0 aliphatic heterocycles. The Labute approximate surface area is 66.5 Å². The van der Waals surface area contributed by atoms with Gasteiger partial charge in [0.25, 0.3) is 0 Å². The summed E-state index contributed by atoms with van der Waals surface area (Å²) in [5.41, 5.74) is 13.5. The van der Waals surface area contributed by atoms with Crippen molar-refractivity contribution in [3.8, 4) is 0 Å². The minimum atomic E-state index is 0.658. The van der Waals surface area contributed by atoms with Gasteiger partial charge in [-0.15, -0.1) is 0 Å². The zero-order valence-corrected chi connectivity index (χ0v) is 6.54. The fraction of sp³-hybridized carbons (Fsp3) is 0.111. The van der Waals surface area contributed by atoms with E-state index in [4.69, 9.17) is 11.5 Å². The molecule has 0 aliphatic rings. The quantitative estimate of drug-likeness (QED) is 0.630. The minimum Gasteiger partial charge on any atom is -0.401 e. The van der Waals surface area contributed by atoms with Crippen molar-refractivity contribution in [2.24, 2.45) is 11.5 Å². The van der Waals surface area contributed by atoms with Crippen molar-refractivity contribution in [2.75, 3.05) is 0 Å². The number of benzene rings is 1. The summed E-state index contributed by atoms with van der Waals surface area (Å²) in [6.45, 7) is 1.79. The van der Waals surface area contributed by atoms with Crippen LogP contribution in [0.4, 0.5) is 0 Å². The van der Waals surface area contributed by atoms with Crippen LogP contribution in [0, 0.1) is 0 Å². The van der Waals surface area contributed by atoms with E-state index in [0.717, 1.165) is 5.56 Å². The summed E-state index contributed by atoms with van der Waals surface area (Å²) in [6, 6.07) is 9.69. The van der Waals surface area contributed by atoms with Crippen molar-refractivity contribution in [2.45, 2.75) is 6.92 Å². The highest BCUT2D eigenvalue weighted by molar-refractivity contribution is 5.64. The average Bonchev–Trinajstić information content (AvgIpc) is 2.05. The van der Waals surface area contributed by atoms with Gasteiger partial charge in [0.1, 0.15) is 0 Å². The van der Waals surface area contributed by atoms with Gasteiger partial charge in [-0.2, -0.15) is 0 Å². The number of hydrogen-bond acceptors (Lipinski definition) is 2. The molecule has 0 saturated carbocycles. The largest absolute Gasteiger partial charge is 0.401 e. The van der Waals surface area contributed by atoms with Gasteiger partial charge in [-0.05, 0) is 12.5 Å². The topological polar surface area (TPSA) is 52.0 Å². The first-order valence-corrected chi connectivity index (χ1v) is 3.49. The van der Waals surface area contributed by atoms with Gasteiger partial charge in [-0.3, -0.25) is 0 Å². The summed E-state index contributed by atoms with van der Waals surface area (Å²) < 4.78 is 0. The molecule has 0 aliphatic carbocycles. The highest BCUT2D eigenvalue weighted by Crippen LogP contribution is 2.08. The van der Waals surface area contributed by atoms with Crippen LogP contribution in [0.25, 0.3) is 5.70 Å². The van der Waals surface area contributed by atoms with Crippen molar-refractivity contribution in [1.29, 1.82) is 0 Å². The second kappa shape index (κ2) is 3.10. The predicted molar refractivity (Wildman–Crippen MR) is 47.4 cm³/mol. The molecule has 0 heterocycles. The van der Waals surface area contributed by atoms with Crippen molar-refractivity contribution >= 4 is 5.70 Å². The van der Waals surface area contributed by atoms with E-state index in [1.54, 1.807) is 6.92 Å². The Hall–Kier alpha value is -1.44. The third-order valence-corrected chi connectivity index (χ3v) is 1.51. The monoisotopic (exact) mass is 148 g/mol. The lowest BCUT2D eigenvalue weighted by Gasteiger charge is -2.02. The third-order valence-electron chi connectivity index (χ3n) is 1.51. The smallest absolute Gasteiger partial charge is 0.0575 e. The molecule has 1 aromatic carbocycles. The second-order valence-corrected chi connectivity index (χ2v) is 2.46. The molecule has 0 fully saturated rings. The second-order valence-electron chi connectivity index (χ2n) is 2.46. The molecule has 11 heavy (non-hydrogen) atoms. The average molecular weight is 148 g/mol. The van der Waals surface area contributed by atoms with Crippen molar-refractivity contribution in [3.63, 3.8) is 0 Å². The normalized spacial score (nSPS) is 12.5. The van der Waals surface area contributed by atoms with Gasteiger partial charge in [-0.25, -0.2) is 0 Å². The Morgan fingerprint density at radius 1 is 1.09 bits per heavy atom. The molecule has 0 amide bonds. The van der Waals surface area contributed by atoms with Crippen LogP contribution in [-0.4, -0.2) is 0 Å². The number of nitrogens with two attached hydrogens (primary N) is 2.